The van der Waals surface area contributed by atoms with Gasteiger partial charge in [-0.25, -0.2) is 4.68 Å². The van der Waals surface area contributed by atoms with Crippen molar-refractivity contribution in [3.8, 4) is 6.07 Å². The Hall–Kier alpha value is -2.68. The smallest absolute Gasteiger partial charge is 0.235 e. The van der Waals surface area contributed by atoms with Gasteiger partial charge in [-0.1, -0.05) is 17.8 Å². The van der Waals surface area contributed by atoms with E-state index in [-0.39, 0.29) is 17.8 Å². The van der Waals surface area contributed by atoms with Crippen LogP contribution in [0.15, 0.2) is 22.7 Å². The lowest BCUT2D eigenvalue weighted by Crippen LogP contribution is -2.22. The van der Waals surface area contributed by atoms with Gasteiger partial charge in [-0.2, -0.15) is 5.26 Å². The van der Waals surface area contributed by atoms with Gasteiger partial charge in [0, 0.05) is 17.2 Å². The summed E-state index contributed by atoms with van der Waals surface area (Å²) in [6.07, 6.45) is 2.12. The molecule has 0 aliphatic carbocycles. The molecule has 1 aliphatic heterocycles. The van der Waals surface area contributed by atoms with Crippen LogP contribution in [0, 0.1) is 25.2 Å². The Morgan fingerprint density at radius 3 is 3.06 bits per heavy atom. The maximum Gasteiger partial charge on any atom is 0.235 e. The zero-order valence-corrected chi connectivity index (χ0v) is 19.0. The fourth-order valence-electron chi connectivity index (χ4n) is 3.60. The standard InChI is InChI=1S/C20H23N7O2S2/c1-13-14(2)26(10-15-5-3-7-29-15)19(17(13)9-21)22-18(28)12-31-20-23-24-25-27(20)11-16-6-4-8-30-16/h4,6,8,15H,3,5,7,10-12H2,1-2H3,(H,22,28)/t15-/m1/s1. The van der Waals surface area contributed by atoms with E-state index in [1.165, 1.54) is 11.8 Å². The number of carbonyl (C=O) groups is 1. The molecular formula is C20H23N7O2S2. The van der Waals surface area contributed by atoms with Gasteiger partial charge in [0.1, 0.15) is 11.9 Å². The Bertz CT molecular complexity index is 1090. The molecule has 0 aromatic carbocycles. The fraction of sp³-hybridized carbons (Fsp3) is 0.450. The number of ether oxygens (including phenoxy) is 1. The van der Waals surface area contributed by atoms with E-state index in [1.54, 1.807) is 16.0 Å². The summed E-state index contributed by atoms with van der Waals surface area (Å²) in [4.78, 5) is 13.9. The van der Waals surface area contributed by atoms with E-state index >= 15 is 0 Å². The average molecular weight is 458 g/mol. The highest BCUT2D eigenvalue weighted by Gasteiger charge is 2.24. The predicted octanol–water partition coefficient (Wildman–Crippen LogP) is 2.98. The van der Waals surface area contributed by atoms with E-state index in [2.05, 4.69) is 26.9 Å². The maximum absolute atomic E-state index is 12.8. The number of hydrogen-bond acceptors (Lipinski definition) is 8. The van der Waals surface area contributed by atoms with Crippen molar-refractivity contribution in [1.82, 2.24) is 24.8 Å². The largest absolute Gasteiger partial charge is 0.376 e. The van der Waals surface area contributed by atoms with Crippen molar-refractivity contribution < 1.29 is 9.53 Å². The molecule has 3 aromatic rings. The summed E-state index contributed by atoms with van der Waals surface area (Å²) in [5.41, 5.74) is 2.34. The molecule has 1 atom stereocenters. The normalized spacial score (nSPS) is 15.8. The van der Waals surface area contributed by atoms with Crippen molar-refractivity contribution in [2.75, 3.05) is 17.7 Å². The number of hydrogen-bond donors (Lipinski definition) is 1. The second-order valence-corrected chi connectivity index (χ2v) is 9.30. The van der Waals surface area contributed by atoms with Crippen LogP contribution in [0.3, 0.4) is 0 Å². The molecule has 0 unspecified atom stereocenters. The van der Waals surface area contributed by atoms with Gasteiger partial charge < -0.3 is 14.6 Å². The number of amides is 1. The minimum Gasteiger partial charge on any atom is -0.376 e. The molecule has 1 amide bonds. The number of anilines is 1. The molecule has 1 N–H and O–H groups in total. The molecule has 162 valence electrons. The monoisotopic (exact) mass is 457 g/mol. The van der Waals surface area contributed by atoms with Gasteiger partial charge in [0.2, 0.25) is 11.1 Å². The minimum atomic E-state index is -0.210. The third-order valence-electron chi connectivity index (χ3n) is 5.33. The van der Waals surface area contributed by atoms with Gasteiger partial charge in [0.25, 0.3) is 0 Å². The molecule has 31 heavy (non-hydrogen) atoms. The van der Waals surface area contributed by atoms with E-state index in [0.29, 0.717) is 29.6 Å². The molecule has 0 radical (unpaired) electrons. The molecular weight excluding hydrogens is 434 g/mol. The zero-order chi connectivity index (χ0) is 21.8. The third kappa shape index (κ3) is 4.81. The zero-order valence-electron chi connectivity index (χ0n) is 17.4. The lowest BCUT2D eigenvalue weighted by atomic mass is 10.2. The van der Waals surface area contributed by atoms with Crippen LogP contribution < -0.4 is 5.32 Å². The topological polar surface area (TPSA) is 111 Å². The SMILES string of the molecule is Cc1c(C#N)c(NC(=O)CSc2nnnn2Cc2cccs2)n(C[C@H]2CCCO2)c1C. The molecule has 1 saturated heterocycles. The van der Waals surface area contributed by atoms with Crippen molar-refractivity contribution in [3.63, 3.8) is 0 Å². The number of nitriles is 1. The summed E-state index contributed by atoms with van der Waals surface area (Å²) in [5, 5.41) is 27.0. The van der Waals surface area contributed by atoms with Gasteiger partial charge in [0.15, 0.2) is 0 Å². The predicted molar refractivity (Wildman–Crippen MR) is 118 cm³/mol. The number of thiophene rings is 1. The van der Waals surface area contributed by atoms with Crippen LogP contribution in [-0.2, 0) is 22.6 Å². The number of aromatic nitrogens is 5. The van der Waals surface area contributed by atoms with E-state index in [1.807, 2.05) is 35.9 Å². The number of rotatable bonds is 8. The highest BCUT2D eigenvalue weighted by Crippen LogP contribution is 2.29. The van der Waals surface area contributed by atoms with E-state index in [9.17, 15) is 10.1 Å². The fourth-order valence-corrected chi connectivity index (χ4v) is 4.96. The first-order valence-corrected chi connectivity index (χ1v) is 11.9. The van der Waals surface area contributed by atoms with E-state index in [0.717, 1.165) is 35.6 Å². The van der Waals surface area contributed by atoms with Gasteiger partial charge in [-0.05, 0) is 54.1 Å². The van der Waals surface area contributed by atoms with Gasteiger partial charge in [0.05, 0.1) is 30.5 Å². The average Bonchev–Trinajstić information content (AvgIpc) is 3.55. The Morgan fingerprint density at radius 1 is 1.48 bits per heavy atom. The quantitative estimate of drug-likeness (QED) is 0.518. The van der Waals surface area contributed by atoms with Crippen LogP contribution in [0.5, 0.6) is 0 Å². The summed E-state index contributed by atoms with van der Waals surface area (Å²) in [5.74, 6) is 0.467. The van der Waals surface area contributed by atoms with Gasteiger partial charge >= 0.3 is 0 Å². The lowest BCUT2D eigenvalue weighted by molar-refractivity contribution is -0.113. The van der Waals surface area contributed by atoms with E-state index < -0.39 is 0 Å². The first-order chi connectivity index (χ1) is 15.1. The van der Waals surface area contributed by atoms with Gasteiger partial charge in [-0.3, -0.25) is 4.79 Å². The van der Waals surface area contributed by atoms with Crippen LogP contribution in [0.4, 0.5) is 5.82 Å². The number of nitrogens with zero attached hydrogens (tertiary/aromatic N) is 6. The highest BCUT2D eigenvalue weighted by molar-refractivity contribution is 7.99. The van der Waals surface area contributed by atoms with Crippen molar-refractivity contribution >= 4 is 34.8 Å². The number of nitrogens with one attached hydrogen (secondary N) is 1. The Labute approximate surface area is 188 Å². The van der Waals surface area contributed by atoms with Gasteiger partial charge in [-0.15, -0.1) is 16.4 Å². The summed E-state index contributed by atoms with van der Waals surface area (Å²) in [7, 11) is 0. The summed E-state index contributed by atoms with van der Waals surface area (Å²) in [6.45, 7) is 5.82. The number of carbonyl (C=O) groups excluding carboxylic acids is 1. The number of thioether (sulfide) groups is 1. The third-order valence-corrected chi connectivity index (χ3v) is 7.14. The Balaban J connectivity index is 1.45. The summed E-state index contributed by atoms with van der Waals surface area (Å²) in [6, 6.07) is 6.24. The highest BCUT2D eigenvalue weighted by atomic mass is 32.2. The van der Waals surface area contributed by atoms with Crippen molar-refractivity contribution in [2.24, 2.45) is 0 Å². The summed E-state index contributed by atoms with van der Waals surface area (Å²) >= 11 is 2.90. The van der Waals surface area contributed by atoms with Crippen molar-refractivity contribution in [2.45, 2.75) is 51.0 Å². The first kappa shape index (κ1) is 21.5. The van der Waals surface area contributed by atoms with Crippen LogP contribution >= 0.6 is 23.1 Å². The summed E-state index contributed by atoms with van der Waals surface area (Å²) < 4.78 is 9.44. The van der Waals surface area contributed by atoms with E-state index in [4.69, 9.17) is 4.74 Å². The number of tetrazole rings is 1. The molecule has 4 heterocycles. The van der Waals surface area contributed by atoms with Crippen LogP contribution in [0.25, 0.3) is 0 Å². The molecule has 1 fully saturated rings. The molecule has 0 saturated carbocycles. The van der Waals surface area contributed by atoms with Crippen LogP contribution in [0.2, 0.25) is 0 Å². The van der Waals surface area contributed by atoms with Crippen LogP contribution in [-0.4, -0.2) is 49.1 Å². The molecule has 4 rings (SSSR count). The molecule has 1 aliphatic rings. The second kappa shape index (κ2) is 9.64. The molecule has 0 spiro atoms. The molecule has 0 bridgehead atoms. The molecule has 3 aromatic heterocycles. The maximum atomic E-state index is 12.8. The van der Waals surface area contributed by atoms with Crippen LogP contribution in [0.1, 0.15) is 34.5 Å². The second-order valence-electron chi connectivity index (χ2n) is 7.33. The Morgan fingerprint density at radius 2 is 2.35 bits per heavy atom. The molecule has 9 nitrogen and oxygen atoms in total. The minimum absolute atomic E-state index is 0.101. The van der Waals surface area contributed by atoms with Crippen molar-refractivity contribution in [1.29, 1.82) is 5.26 Å². The first-order valence-electron chi connectivity index (χ1n) is 9.99. The lowest BCUT2D eigenvalue weighted by Gasteiger charge is -2.16. The Kier molecular flexibility index (Phi) is 6.70. The van der Waals surface area contributed by atoms with Crippen molar-refractivity contribution in [3.05, 3.63) is 39.2 Å². The molecule has 11 heteroatoms.